The van der Waals surface area contributed by atoms with Crippen molar-refractivity contribution in [1.82, 2.24) is 5.32 Å². The number of hydrogen-bond donors (Lipinski definition) is 2. The van der Waals surface area contributed by atoms with E-state index in [0.29, 0.717) is 18.9 Å². The van der Waals surface area contributed by atoms with Crippen molar-refractivity contribution in [3.05, 3.63) is 0 Å². The molecule has 0 saturated carbocycles. The maximum atomic E-state index is 11.6. The molecule has 0 radical (unpaired) electrons. The van der Waals surface area contributed by atoms with Gasteiger partial charge in [0.1, 0.15) is 6.10 Å². The quantitative estimate of drug-likeness (QED) is 0.602. The molecule has 2 N–H and O–H groups in total. The number of carboxylic acid groups (broad SMARTS) is 1. The van der Waals surface area contributed by atoms with E-state index in [1.54, 1.807) is 6.92 Å². The second-order valence-electron chi connectivity index (χ2n) is 4.35. The summed E-state index contributed by atoms with van der Waals surface area (Å²) in [6.07, 6.45) is 1.64. The Labute approximate surface area is 117 Å². The molecule has 1 fully saturated rings. The number of carbonyl (C=O) groups excluding carboxylic acids is 1. The van der Waals surface area contributed by atoms with Gasteiger partial charge in [0.25, 0.3) is 0 Å². The van der Waals surface area contributed by atoms with Gasteiger partial charge in [-0.3, -0.25) is 9.59 Å². The van der Waals surface area contributed by atoms with Gasteiger partial charge in [0.05, 0.1) is 18.5 Å². The Bertz CT molecular complexity index is 294. The third-order valence-corrected chi connectivity index (χ3v) is 3.64. The van der Waals surface area contributed by atoms with Crippen LogP contribution in [0, 0.1) is 0 Å². The molecule has 0 spiro atoms. The third kappa shape index (κ3) is 7.39. The van der Waals surface area contributed by atoms with E-state index < -0.39 is 12.1 Å². The summed E-state index contributed by atoms with van der Waals surface area (Å²) in [7, 11) is 0. The lowest BCUT2D eigenvalue weighted by Crippen LogP contribution is -2.37. The van der Waals surface area contributed by atoms with Crippen LogP contribution in [0.2, 0.25) is 0 Å². The zero-order valence-electron chi connectivity index (χ0n) is 11.1. The van der Waals surface area contributed by atoms with E-state index in [1.165, 1.54) is 11.8 Å². The van der Waals surface area contributed by atoms with Gasteiger partial charge < -0.3 is 19.9 Å². The number of rotatable bonds is 9. The van der Waals surface area contributed by atoms with Crippen LogP contribution in [0.1, 0.15) is 19.8 Å². The average molecular weight is 291 g/mol. The van der Waals surface area contributed by atoms with Gasteiger partial charge in [-0.05, 0) is 19.8 Å². The molecule has 1 aliphatic rings. The van der Waals surface area contributed by atoms with Crippen molar-refractivity contribution in [2.45, 2.75) is 32.0 Å². The Balaban J connectivity index is 2.02. The fraction of sp³-hybridized carbons (Fsp3) is 0.833. The van der Waals surface area contributed by atoms with Gasteiger partial charge in [0.2, 0.25) is 5.91 Å². The first-order chi connectivity index (χ1) is 9.09. The number of carbonyl (C=O) groups is 2. The second kappa shape index (κ2) is 9.17. The number of amides is 1. The van der Waals surface area contributed by atoms with Crippen LogP contribution in [0.25, 0.3) is 0 Å². The van der Waals surface area contributed by atoms with Crippen LogP contribution < -0.4 is 5.32 Å². The fourth-order valence-electron chi connectivity index (χ4n) is 1.65. The first-order valence-corrected chi connectivity index (χ1v) is 7.55. The molecule has 7 heteroatoms. The standard InChI is InChI=1S/C12H21NO5S/c1-9(18-7-10-3-2-5-17-10)12(16)13-4-6-19-8-11(14)15/h9-10H,2-8H2,1H3,(H,13,16)(H,14,15). The molecule has 2 unspecified atom stereocenters. The van der Waals surface area contributed by atoms with E-state index in [4.69, 9.17) is 14.6 Å². The van der Waals surface area contributed by atoms with Crippen LogP contribution in [0.15, 0.2) is 0 Å². The maximum Gasteiger partial charge on any atom is 0.313 e. The summed E-state index contributed by atoms with van der Waals surface area (Å²) in [5.74, 6) is -0.379. The van der Waals surface area contributed by atoms with Gasteiger partial charge in [-0.25, -0.2) is 0 Å². The van der Waals surface area contributed by atoms with E-state index in [2.05, 4.69) is 5.32 Å². The summed E-state index contributed by atoms with van der Waals surface area (Å²) in [6.45, 7) is 3.37. The Kier molecular flexibility index (Phi) is 7.85. The predicted octanol–water partition coefficient (Wildman–Crippen LogP) is 0.505. The van der Waals surface area contributed by atoms with Crippen LogP contribution >= 0.6 is 11.8 Å². The molecule has 19 heavy (non-hydrogen) atoms. The van der Waals surface area contributed by atoms with Crippen molar-refractivity contribution in [2.24, 2.45) is 0 Å². The number of ether oxygens (including phenoxy) is 2. The Morgan fingerprint density at radius 3 is 3.00 bits per heavy atom. The van der Waals surface area contributed by atoms with Gasteiger partial charge >= 0.3 is 5.97 Å². The van der Waals surface area contributed by atoms with E-state index in [0.717, 1.165) is 19.4 Å². The molecular formula is C12H21NO5S. The molecule has 1 saturated heterocycles. The summed E-state index contributed by atoms with van der Waals surface area (Å²) >= 11 is 1.27. The highest BCUT2D eigenvalue weighted by atomic mass is 32.2. The Morgan fingerprint density at radius 1 is 1.58 bits per heavy atom. The van der Waals surface area contributed by atoms with Crippen molar-refractivity contribution in [3.8, 4) is 0 Å². The molecule has 2 atom stereocenters. The van der Waals surface area contributed by atoms with E-state index >= 15 is 0 Å². The van der Waals surface area contributed by atoms with E-state index in [9.17, 15) is 9.59 Å². The predicted molar refractivity (Wildman–Crippen MR) is 72.4 cm³/mol. The molecule has 0 bridgehead atoms. The largest absolute Gasteiger partial charge is 0.481 e. The normalized spacial score (nSPS) is 20.2. The summed E-state index contributed by atoms with van der Waals surface area (Å²) < 4.78 is 10.8. The van der Waals surface area contributed by atoms with Crippen molar-refractivity contribution < 1.29 is 24.2 Å². The zero-order chi connectivity index (χ0) is 14.1. The molecule has 1 amide bonds. The lowest BCUT2D eigenvalue weighted by molar-refractivity contribution is -0.134. The first-order valence-electron chi connectivity index (χ1n) is 6.40. The third-order valence-electron chi connectivity index (χ3n) is 2.70. The number of aliphatic carboxylic acids is 1. The number of hydrogen-bond acceptors (Lipinski definition) is 5. The van der Waals surface area contributed by atoms with Crippen LogP contribution in [-0.2, 0) is 19.1 Å². The molecule has 0 aromatic heterocycles. The second-order valence-corrected chi connectivity index (χ2v) is 5.45. The summed E-state index contributed by atoms with van der Waals surface area (Å²) in [5.41, 5.74) is 0. The Hall–Kier alpha value is -0.790. The molecule has 0 aromatic rings. The van der Waals surface area contributed by atoms with Crippen molar-refractivity contribution >= 4 is 23.6 Å². The lowest BCUT2D eigenvalue weighted by atomic mass is 10.2. The number of carboxylic acids is 1. The van der Waals surface area contributed by atoms with Crippen molar-refractivity contribution in [2.75, 3.05) is 31.3 Å². The van der Waals surface area contributed by atoms with Crippen LogP contribution in [0.5, 0.6) is 0 Å². The summed E-state index contributed by atoms with van der Waals surface area (Å²) in [4.78, 5) is 21.9. The van der Waals surface area contributed by atoms with Crippen LogP contribution in [0.3, 0.4) is 0 Å². The molecular weight excluding hydrogens is 270 g/mol. The van der Waals surface area contributed by atoms with Gasteiger partial charge in [0, 0.05) is 18.9 Å². The number of nitrogens with one attached hydrogen (secondary N) is 1. The molecule has 6 nitrogen and oxygen atoms in total. The maximum absolute atomic E-state index is 11.6. The fourth-order valence-corrected chi connectivity index (χ4v) is 2.22. The molecule has 110 valence electrons. The highest BCUT2D eigenvalue weighted by molar-refractivity contribution is 7.99. The van der Waals surface area contributed by atoms with Crippen LogP contribution in [-0.4, -0.2) is 60.5 Å². The minimum atomic E-state index is -0.843. The Morgan fingerprint density at radius 2 is 2.37 bits per heavy atom. The topological polar surface area (TPSA) is 84.9 Å². The SMILES string of the molecule is CC(OCC1CCCO1)C(=O)NCCSCC(=O)O. The average Bonchev–Trinajstić information content (AvgIpc) is 2.88. The highest BCUT2D eigenvalue weighted by Crippen LogP contribution is 2.12. The van der Waals surface area contributed by atoms with Gasteiger partial charge in [-0.1, -0.05) is 0 Å². The highest BCUT2D eigenvalue weighted by Gasteiger charge is 2.19. The van der Waals surface area contributed by atoms with Crippen LogP contribution in [0.4, 0.5) is 0 Å². The van der Waals surface area contributed by atoms with E-state index in [-0.39, 0.29) is 17.8 Å². The van der Waals surface area contributed by atoms with Crippen molar-refractivity contribution in [3.63, 3.8) is 0 Å². The van der Waals surface area contributed by atoms with E-state index in [1.807, 2.05) is 0 Å². The van der Waals surface area contributed by atoms with Gasteiger partial charge in [0.15, 0.2) is 0 Å². The first kappa shape index (κ1) is 16.3. The number of thioether (sulfide) groups is 1. The van der Waals surface area contributed by atoms with Crippen molar-refractivity contribution in [1.29, 1.82) is 0 Å². The molecule has 1 rings (SSSR count). The smallest absolute Gasteiger partial charge is 0.313 e. The molecule has 0 aliphatic carbocycles. The monoisotopic (exact) mass is 291 g/mol. The molecule has 1 aliphatic heterocycles. The lowest BCUT2D eigenvalue weighted by Gasteiger charge is -2.16. The summed E-state index contributed by atoms with van der Waals surface area (Å²) in [5, 5.41) is 11.2. The van der Waals surface area contributed by atoms with Gasteiger partial charge in [-0.15, -0.1) is 11.8 Å². The molecule has 0 aromatic carbocycles. The molecule has 1 heterocycles. The van der Waals surface area contributed by atoms with Gasteiger partial charge in [-0.2, -0.15) is 0 Å². The minimum Gasteiger partial charge on any atom is -0.481 e. The zero-order valence-corrected chi connectivity index (χ0v) is 11.9. The summed E-state index contributed by atoms with van der Waals surface area (Å²) in [6, 6.07) is 0. The minimum absolute atomic E-state index is 0.0565.